The van der Waals surface area contributed by atoms with Crippen molar-refractivity contribution in [2.24, 2.45) is 0 Å². The average molecular weight is 482 g/mol. The molecule has 1 heterocycles. The van der Waals surface area contributed by atoms with Gasteiger partial charge < -0.3 is 5.32 Å². The molecule has 4 aromatic rings. The number of nitrogens with one attached hydrogen (secondary N) is 1. The Balaban J connectivity index is 1.60. The molecule has 1 atom stereocenters. The van der Waals surface area contributed by atoms with Crippen LogP contribution in [-0.2, 0) is 16.1 Å². The van der Waals surface area contributed by atoms with E-state index in [9.17, 15) is 9.59 Å². The Hall–Kier alpha value is -4.00. The van der Waals surface area contributed by atoms with E-state index in [1.165, 1.54) is 0 Å². The van der Waals surface area contributed by atoms with Gasteiger partial charge in [-0.3, -0.25) is 14.5 Å². The van der Waals surface area contributed by atoms with Crippen LogP contribution in [0.15, 0.2) is 72.8 Å². The highest BCUT2D eigenvalue weighted by atomic mass is 16.2. The predicted octanol–water partition coefficient (Wildman–Crippen LogP) is 4.88. The van der Waals surface area contributed by atoms with Crippen molar-refractivity contribution >= 4 is 28.5 Å². The fraction of sp³-hybridized carbons (Fsp3) is 0.310. The summed E-state index contributed by atoms with van der Waals surface area (Å²) in [7, 11) is 0. The average Bonchev–Trinajstić information content (AvgIpc) is 3.54. The summed E-state index contributed by atoms with van der Waals surface area (Å²) in [6.07, 6.45) is 4.16. The molecule has 3 aromatic carbocycles. The topological polar surface area (TPSA) is 80.1 Å². The first-order chi connectivity index (χ1) is 17.5. The molecule has 1 saturated carbocycles. The molecule has 5 rings (SSSR count). The van der Waals surface area contributed by atoms with Crippen LogP contribution in [0.5, 0.6) is 0 Å². The van der Waals surface area contributed by atoms with E-state index in [-0.39, 0.29) is 24.4 Å². The van der Waals surface area contributed by atoms with Crippen molar-refractivity contribution in [3.63, 3.8) is 0 Å². The molecule has 0 aliphatic heterocycles. The monoisotopic (exact) mass is 481 g/mol. The Kier molecular flexibility index (Phi) is 6.80. The molecule has 0 radical (unpaired) electrons. The highest BCUT2D eigenvalue weighted by Crippen LogP contribution is 2.33. The number of carbonyl (C=O) groups is 2. The Morgan fingerprint density at radius 1 is 0.944 bits per heavy atom. The van der Waals surface area contributed by atoms with E-state index < -0.39 is 6.04 Å². The number of amides is 2. The molecular weight excluding hydrogens is 450 g/mol. The van der Waals surface area contributed by atoms with Gasteiger partial charge in [0, 0.05) is 11.7 Å². The number of hydrogen-bond donors (Lipinski definition) is 1. The van der Waals surface area contributed by atoms with Crippen molar-refractivity contribution in [2.45, 2.75) is 58.2 Å². The van der Waals surface area contributed by atoms with Gasteiger partial charge in [-0.15, -0.1) is 5.10 Å². The second kappa shape index (κ2) is 10.3. The van der Waals surface area contributed by atoms with Crippen molar-refractivity contribution in [2.75, 3.05) is 4.90 Å². The minimum absolute atomic E-state index is 0.0338. The van der Waals surface area contributed by atoms with Gasteiger partial charge in [-0.05, 0) is 61.6 Å². The summed E-state index contributed by atoms with van der Waals surface area (Å²) in [6.45, 7) is 3.91. The van der Waals surface area contributed by atoms with E-state index in [0.29, 0.717) is 5.69 Å². The zero-order chi connectivity index (χ0) is 25.1. The van der Waals surface area contributed by atoms with Crippen molar-refractivity contribution in [3.8, 4) is 0 Å². The lowest BCUT2D eigenvalue weighted by Gasteiger charge is -2.34. The lowest BCUT2D eigenvalue weighted by molar-refractivity contribution is -0.127. The van der Waals surface area contributed by atoms with Gasteiger partial charge in [0.25, 0.3) is 0 Å². The van der Waals surface area contributed by atoms with Crippen LogP contribution in [0, 0.1) is 13.8 Å². The number of rotatable bonds is 7. The third kappa shape index (κ3) is 4.73. The number of fused-ring (bicyclic) bond motifs is 1. The van der Waals surface area contributed by atoms with Gasteiger partial charge in [-0.25, -0.2) is 4.68 Å². The summed E-state index contributed by atoms with van der Waals surface area (Å²) in [5.41, 5.74) is 4.90. The molecule has 1 aromatic heterocycles. The van der Waals surface area contributed by atoms with E-state index >= 15 is 0 Å². The van der Waals surface area contributed by atoms with Gasteiger partial charge in [0.2, 0.25) is 11.8 Å². The van der Waals surface area contributed by atoms with E-state index in [2.05, 4.69) is 15.6 Å². The molecule has 184 valence electrons. The molecule has 1 aliphatic rings. The van der Waals surface area contributed by atoms with Crippen LogP contribution in [-0.4, -0.2) is 32.9 Å². The fourth-order valence-corrected chi connectivity index (χ4v) is 5.13. The standard InChI is InChI=1S/C29H31N5O2/c1-20-11-3-7-15-23(20)28(29(36)30-22-13-5-6-14-22)34(25-17-9-4-12-21(25)2)27(35)19-33-26-18-10-8-16-24(26)31-32-33/h3-4,7-12,15-18,22,28H,5-6,13-14,19H2,1-2H3,(H,30,36)/t28-/m1/s1. The molecule has 0 spiro atoms. The fourth-order valence-electron chi connectivity index (χ4n) is 5.13. The van der Waals surface area contributed by atoms with Gasteiger partial charge in [-0.2, -0.15) is 0 Å². The Labute approximate surface area is 211 Å². The highest BCUT2D eigenvalue weighted by molar-refractivity contribution is 6.02. The van der Waals surface area contributed by atoms with Gasteiger partial charge >= 0.3 is 0 Å². The molecular formula is C29H31N5O2. The molecule has 1 fully saturated rings. The van der Waals surface area contributed by atoms with Crippen LogP contribution in [0.2, 0.25) is 0 Å². The van der Waals surface area contributed by atoms with Crippen LogP contribution in [0.4, 0.5) is 5.69 Å². The predicted molar refractivity (Wildman–Crippen MR) is 141 cm³/mol. The summed E-state index contributed by atoms with van der Waals surface area (Å²) < 4.78 is 1.60. The smallest absolute Gasteiger partial charge is 0.249 e. The maximum atomic E-state index is 14.1. The minimum Gasteiger partial charge on any atom is -0.351 e. The molecule has 7 heteroatoms. The number of anilines is 1. The van der Waals surface area contributed by atoms with Crippen LogP contribution in [0.3, 0.4) is 0 Å². The maximum absolute atomic E-state index is 14.1. The number of aryl methyl sites for hydroxylation is 2. The summed E-state index contributed by atoms with van der Waals surface area (Å²) in [6, 6.07) is 22.4. The summed E-state index contributed by atoms with van der Waals surface area (Å²) >= 11 is 0. The van der Waals surface area contributed by atoms with E-state index in [1.54, 1.807) is 9.58 Å². The number of benzene rings is 3. The number of nitrogens with zero attached hydrogens (tertiary/aromatic N) is 4. The lowest BCUT2D eigenvalue weighted by Crippen LogP contribution is -2.47. The first-order valence-electron chi connectivity index (χ1n) is 12.5. The summed E-state index contributed by atoms with van der Waals surface area (Å²) in [4.78, 5) is 29.7. The molecule has 0 unspecified atom stereocenters. The van der Waals surface area contributed by atoms with Crippen LogP contribution in [0.1, 0.15) is 48.4 Å². The largest absolute Gasteiger partial charge is 0.351 e. The third-order valence-corrected chi connectivity index (χ3v) is 7.04. The van der Waals surface area contributed by atoms with Crippen LogP contribution >= 0.6 is 0 Å². The van der Waals surface area contributed by atoms with E-state index in [1.807, 2.05) is 86.6 Å². The first kappa shape index (κ1) is 23.7. The Morgan fingerprint density at radius 3 is 2.36 bits per heavy atom. The first-order valence-corrected chi connectivity index (χ1v) is 12.5. The van der Waals surface area contributed by atoms with Gasteiger partial charge in [0.15, 0.2) is 0 Å². The van der Waals surface area contributed by atoms with Gasteiger partial charge in [0.05, 0.1) is 5.52 Å². The molecule has 0 bridgehead atoms. The molecule has 1 N–H and O–H groups in total. The zero-order valence-corrected chi connectivity index (χ0v) is 20.7. The Bertz CT molecular complexity index is 1390. The normalized spacial score (nSPS) is 14.6. The molecule has 1 aliphatic carbocycles. The Morgan fingerprint density at radius 2 is 1.61 bits per heavy atom. The number of hydrogen-bond acceptors (Lipinski definition) is 4. The van der Waals surface area contributed by atoms with Crippen LogP contribution < -0.4 is 10.2 Å². The molecule has 36 heavy (non-hydrogen) atoms. The van der Waals surface area contributed by atoms with Gasteiger partial charge in [0.1, 0.15) is 18.1 Å². The number of aromatic nitrogens is 3. The molecule has 2 amide bonds. The zero-order valence-electron chi connectivity index (χ0n) is 20.7. The SMILES string of the molecule is Cc1ccccc1[C@H](C(=O)NC1CCCC1)N(C(=O)Cn1nnc2ccccc21)c1ccccc1C. The van der Waals surface area contributed by atoms with E-state index in [0.717, 1.165) is 53.4 Å². The van der Waals surface area contributed by atoms with Crippen molar-refractivity contribution in [1.29, 1.82) is 0 Å². The van der Waals surface area contributed by atoms with Gasteiger partial charge in [-0.1, -0.05) is 72.7 Å². The molecule has 0 saturated heterocycles. The highest BCUT2D eigenvalue weighted by Gasteiger charge is 2.36. The lowest BCUT2D eigenvalue weighted by atomic mass is 9.97. The quantitative estimate of drug-likeness (QED) is 0.408. The van der Waals surface area contributed by atoms with E-state index in [4.69, 9.17) is 0 Å². The minimum atomic E-state index is -0.810. The number of carbonyl (C=O) groups excluding carboxylic acids is 2. The number of para-hydroxylation sites is 2. The van der Waals surface area contributed by atoms with Crippen molar-refractivity contribution in [1.82, 2.24) is 20.3 Å². The van der Waals surface area contributed by atoms with Crippen molar-refractivity contribution < 1.29 is 9.59 Å². The van der Waals surface area contributed by atoms with Crippen LogP contribution in [0.25, 0.3) is 11.0 Å². The molecule has 7 nitrogen and oxygen atoms in total. The summed E-state index contributed by atoms with van der Waals surface area (Å²) in [5, 5.41) is 11.7. The second-order valence-corrected chi connectivity index (χ2v) is 9.54. The second-order valence-electron chi connectivity index (χ2n) is 9.54. The summed E-state index contributed by atoms with van der Waals surface area (Å²) in [5.74, 6) is -0.383. The maximum Gasteiger partial charge on any atom is 0.249 e. The third-order valence-electron chi connectivity index (χ3n) is 7.04. The van der Waals surface area contributed by atoms with Crippen molar-refractivity contribution in [3.05, 3.63) is 89.5 Å².